The zero-order valence-electron chi connectivity index (χ0n) is 79.3. The largest absolute Gasteiger partial charge is 0.508 e. The van der Waals surface area contributed by atoms with Gasteiger partial charge in [-0.1, -0.05) is 125 Å². The molecule has 0 aromatic heterocycles. The fourth-order valence-corrected chi connectivity index (χ4v) is 21.0. The summed E-state index contributed by atoms with van der Waals surface area (Å²) in [5, 5.41) is 121. The van der Waals surface area contributed by atoms with E-state index in [0.717, 1.165) is 71.7 Å². The van der Waals surface area contributed by atoms with Gasteiger partial charge in [0.15, 0.2) is 29.8 Å². The standard InChI is InChI=1S/C82H137N33O20S6/c1-8-40(6)60-76(134)112-56-37-141-137-33-52(110-68(126)50(29-42-19-21-43(117)22-20-42)100-57(118)30-98-63(121)45(15-10-24-94-79(85)86)105-77(135)61(41(7)116)115-74(56)132)70(128)103-47(17-12-26-96-81(89)90)65(123)107-53-34-138-140-36-55(73(131)114-60)108-66(124)48(18-13-27-97-82(91)92)104-71(129)54-35-139-136-32-51(109-67(125)49(28-38(2)3)106-72(53)130)69(127)102-46(16-11-25-95-80(87)88)64(122)101-44(14-9-23-93-78(83)84)62(120)99-31-58(119)113-59(39(4)5)75(133)111-54/h19-22,38-41,44-56,59-61,116-117H,8-18,23-37H2,1-7H3,(H,98,121)(H,99,120)(H,100,118)(H,101,122)(H,102,127)(H,103,128)(H,104,129)(H,105,135)(H,106,130)(H,107,123)(H,108,124)(H,109,125)(H,110,126)(H,111,133)(H,112,134)(H,113,119)(H,114,131)(H,115,132)(H4,83,84,93)(H4,85,86,94)(H4,87,88,95)(H4,89,90,96)(H4,91,92,97)/t40-,41+,44-,45-,46-,47-,48-,49-,50-,51-,52-,53-,54-,55-,56-,59-,60-,61-/m0/s1. The number of phenolic OH excluding ortho intramolecular Hbond substituents is 1. The van der Waals surface area contributed by atoms with Gasteiger partial charge < -0.3 is 161 Å². The van der Waals surface area contributed by atoms with Crippen LogP contribution in [-0.4, -0.2) is 329 Å². The quantitative estimate of drug-likeness (QED) is 0.0160. The smallest absolute Gasteiger partial charge is 0.245 e. The van der Waals surface area contributed by atoms with E-state index < -0.39 is 304 Å². The van der Waals surface area contributed by atoms with E-state index in [4.69, 9.17) is 55.7 Å². The summed E-state index contributed by atoms with van der Waals surface area (Å²) in [4.78, 5) is 271. The number of nitrogens with two attached hydrogens (primary N) is 5. The molecule has 141 heavy (non-hydrogen) atoms. The van der Waals surface area contributed by atoms with Crippen molar-refractivity contribution in [1.82, 2.24) is 122 Å². The molecule has 0 radical (unpaired) electrons. The van der Waals surface area contributed by atoms with Crippen molar-refractivity contribution >= 4 is 201 Å². The molecule has 6 bridgehead atoms. The number of hydrogen-bond donors (Lipinski definition) is 35. The Labute approximate surface area is 838 Å². The summed E-state index contributed by atoms with van der Waals surface area (Å²) in [7, 11) is 4.75. The normalized spacial score (nSPS) is 25.9. The number of aromatic hydroxyl groups is 1. The Hall–Kier alpha value is -12.1. The highest BCUT2D eigenvalue weighted by Gasteiger charge is 2.42. The number of guanidine groups is 5. The molecule has 4 aliphatic heterocycles. The van der Waals surface area contributed by atoms with Crippen LogP contribution in [0.1, 0.15) is 131 Å². The molecule has 18 atom stereocenters. The molecule has 40 N–H and O–H groups in total. The van der Waals surface area contributed by atoms with Crippen LogP contribution >= 0.6 is 64.8 Å². The lowest BCUT2D eigenvalue weighted by atomic mass is 9.97. The van der Waals surface area contributed by atoms with Gasteiger partial charge in [0.1, 0.15) is 102 Å². The number of benzene rings is 1. The van der Waals surface area contributed by atoms with E-state index >= 15 is 52.7 Å². The first-order chi connectivity index (χ1) is 66.7. The Balaban J connectivity index is 1.87. The molecule has 0 aliphatic carbocycles. The second-order valence-electron chi connectivity index (χ2n) is 34.3. The third kappa shape index (κ3) is 44.3. The number of aliphatic hydroxyl groups excluding tert-OH is 1. The average Bonchev–Trinajstić information content (AvgIpc) is 0.845. The van der Waals surface area contributed by atoms with E-state index in [1.165, 1.54) is 24.3 Å². The van der Waals surface area contributed by atoms with Gasteiger partial charge in [-0.2, -0.15) is 0 Å². The molecule has 4 fully saturated rings. The van der Waals surface area contributed by atoms with Gasteiger partial charge in [0, 0.05) is 73.7 Å². The lowest BCUT2D eigenvalue weighted by molar-refractivity contribution is -0.137. The number of aliphatic hydroxyl groups is 1. The molecule has 53 nitrogen and oxygen atoms in total. The van der Waals surface area contributed by atoms with Crippen LogP contribution in [0.3, 0.4) is 0 Å². The van der Waals surface area contributed by atoms with E-state index in [2.05, 4.69) is 122 Å². The second-order valence-corrected chi connectivity index (χ2v) is 42.0. The van der Waals surface area contributed by atoms with Crippen LogP contribution in [0.25, 0.3) is 0 Å². The van der Waals surface area contributed by atoms with Gasteiger partial charge >= 0.3 is 0 Å². The molecule has 4 saturated heterocycles. The van der Waals surface area contributed by atoms with Crippen LogP contribution < -0.4 is 151 Å². The van der Waals surface area contributed by atoms with Crippen LogP contribution in [0.2, 0.25) is 0 Å². The van der Waals surface area contributed by atoms with Crippen molar-refractivity contribution in [2.45, 2.75) is 235 Å². The molecular formula is C82H137N33O20S6. The fraction of sp³-hybridized carbons (Fsp3) is 0.646. The molecule has 18 amide bonds. The Morgan fingerprint density at radius 3 is 0.915 bits per heavy atom. The van der Waals surface area contributed by atoms with Gasteiger partial charge in [-0.15, -0.1) is 0 Å². The van der Waals surface area contributed by atoms with Crippen molar-refractivity contribution in [3.63, 3.8) is 0 Å². The first-order valence-corrected chi connectivity index (χ1v) is 53.2. The summed E-state index contributed by atoms with van der Waals surface area (Å²) in [6.45, 7) is 8.72. The number of nitrogens with one attached hydrogen (secondary N) is 28. The average molecular weight is 2100 g/mol. The van der Waals surface area contributed by atoms with E-state index in [1.54, 1.807) is 41.5 Å². The summed E-state index contributed by atoms with van der Waals surface area (Å²) in [6.07, 6.45) is -3.82. The van der Waals surface area contributed by atoms with E-state index in [-0.39, 0.29) is 122 Å². The fourth-order valence-electron chi connectivity index (χ4n) is 14.0. The predicted molar refractivity (Wildman–Crippen MR) is 535 cm³/mol. The molecule has 5 rings (SSSR count). The number of amides is 18. The molecule has 0 unspecified atom stereocenters. The summed E-state index contributed by atoms with van der Waals surface area (Å²) >= 11 is 0. The lowest BCUT2D eigenvalue weighted by Crippen LogP contribution is -2.63. The van der Waals surface area contributed by atoms with Crippen molar-refractivity contribution in [1.29, 1.82) is 27.0 Å². The maximum Gasteiger partial charge on any atom is 0.245 e. The van der Waals surface area contributed by atoms with Crippen LogP contribution in [-0.2, 0) is 92.7 Å². The maximum atomic E-state index is 15.7. The number of carbonyl (C=O) groups is 18. The van der Waals surface area contributed by atoms with E-state index in [9.17, 15) is 43.8 Å². The molecule has 786 valence electrons. The SMILES string of the molecule is CC[C@H](C)[C@@H]1NC(=O)[C@@H]2CSSC[C@H](NC(=O)[C@H](CCCNC(=N)N)NC(=O)[C@@H]3CSSC[C@H](NC1=O)C(=O)N[C@@H]([C@@H](C)O)C(=O)N[C@@H](CCCNC(=N)N)C(=O)NCC(=O)N[C@@H](Cc1ccc(O)cc1)C(=O)N3)C(=O)N[C@@H](CC(C)C)C(=O)N[C@H]1CSSC[C@H](NC(=O)[C@H](C(C)C)NC(=O)CNC(=O)[C@H](CCCNC(=N)N)NC(=O)[C@H](CCCNC(=N)N)NC1=O)C(=O)N[C@@H](CCCNC(=N)N)C(=O)N2. The zero-order valence-corrected chi connectivity index (χ0v) is 84.2. The van der Waals surface area contributed by atoms with Gasteiger partial charge in [0.25, 0.3) is 0 Å². The summed E-state index contributed by atoms with van der Waals surface area (Å²) in [6, 6.07) is -22.0. The van der Waals surface area contributed by atoms with E-state index in [0.29, 0.717) is 5.56 Å². The molecule has 59 heteroatoms. The highest BCUT2D eigenvalue weighted by molar-refractivity contribution is 8.77. The number of rotatable bonds is 28. The van der Waals surface area contributed by atoms with Gasteiger partial charge in [-0.25, -0.2) is 0 Å². The molecular weight excluding hydrogens is 1960 g/mol. The van der Waals surface area contributed by atoms with Gasteiger partial charge in [-0.3, -0.25) is 113 Å². The molecule has 1 aromatic rings. The third-order valence-corrected chi connectivity index (χ3v) is 29.1. The third-order valence-electron chi connectivity index (χ3n) is 21.9. The maximum absolute atomic E-state index is 15.7. The molecule has 0 saturated carbocycles. The van der Waals surface area contributed by atoms with Gasteiger partial charge in [0.05, 0.1) is 19.2 Å². The van der Waals surface area contributed by atoms with Crippen molar-refractivity contribution in [2.24, 2.45) is 46.4 Å². The summed E-state index contributed by atoms with van der Waals surface area (Å²) in [5.74, 6) is -27.1. The number of phenols is 1. The first kappa shape index (κ1) is 119. The van der Waals surface area contributed by atoms with Crippen LogP contribution in [0, 0.1) is 44.8 Å². The van der Waals surface area contributed by atoms with Crippen molar-refractivity contribution < 1.29 is 96.5 Å². The molecule has 1 aromatic carbocycles. The topological polar surface area (TPSA) is 874 Å². The Morgan fingerprint density at radius 2 is 0.596 bits per heavy atom. The number of carbonyl (C=O) groups excluding carboxylic acids is 18. The van der Waals surface area contributed by atoms with Gasteiger partial charge in [-0.05, 0) is 113 Å². The highest BCUT2D eigenvalue weighted by atomic mass is 33.1. The summed E-state index contributed by atoms with van der Waals surface area (Å²) < 4.78 is 0. The molecule has 0 spiro atoms. The molecule has 4 heterocycles. The predicted octanol–water partition coefficient (Wildman–Crippen LogP) is -9.43. The van der Waals surface area contributed by atoms with Gasteiger partial charge in [0.2, 0.25) is 106 Å². The minimum Gasteiger partial charge on any atom is -0.508 e. The van der Waals surface area contributed by atoms with Crippen LogP contribution in [0.15, 0.2) is 24.3 Å². The Bertz CT molecular complexity index is 4540. The summed E-state index contributed by atoms with van der Waals surface area (Å²) in [5.41, 5.74) is 28.4. The highest BCUT2D eigenvalue weighted by Crippen LogP contribution is 2.29. The number of hydrogen-bond acceptors (Lipinski definition) is 31. The van der Waals surface area contributed by atoms with E-state index in [1.807, 2.05) is 0 Å². The monoisotopic (exact) mass is 2100 g/mol. The Morgan fingerprint density at radius 1 is 0.333 bits per heavy atom. The first-order valence-electron chi connectivity index (χ1n) is 45.7. The van der Waals surface area contributed by atoms with Crippen LogP contribution in [0.4, 0.5) is 0 Å². The number of fused-ring (bicyclic) bond motifs is 15. The van der Waals surface area contributed by atoms with Crippen LogP contribution in [0.5, 0.6) is 5.75 Å². The minimum atomic E-state index is -1.95. The minimum absolute atomic E-state index is 0.00237. The second kappa shape index (κ2) is 62.2. The van der Waals surface area contributed by atoms with Crippen molar-refractivity contribution in [3.8, 4) is 5.75 Å². The molecule has 4 aliphatic rings. The van der Waals surface area contributed by atoms with Crippen molar-refractivity contribution in [3.05, 3.63) is 29.8 Å². The zero-order chi connectivity index (χ0) is 105. The van der Waals surface area contributed by atoms with Crippen molar-refractivity contribution in [2.75, 3.05) is 80.3 Å². The Kier molecular flexibility index (Phi) is 52.7. The lowest BCUT2D eigenvalue weighted by Gasteiger charge is -2.30.